The number of rotatable bonds is 8. The number of benzene rings is 1. The maximum atomic E-state index is 9.93. The van der Waals surface area contributed by atoms with Gasteiger partial charge in [-0.3, -0.25) is 0 Å². The molecule has 0 saturated heterocycles. The summed E-state index contributed by atoms with van der Waals surface area (Å²) in [6, 6.07) is 7.60. The van der Waals surface area contributed by atoms with E-state index in [1.807, 2.05) is 28.8 Å². The van der Waals surface area contributed by atoms with Crippen molar-refractivity contribution < 1.29 is 9.84 Å². The van der Waals surface area contributed by atoms with Crippen molar-refractivity contribution in [3.8, 4) is 11.4 Å². The highest BCUT2D eigenvalue weighted by Gasteiger charge is 2.19. The first-order chi connectivity index (χ1) is 10.9. The Morgan fingerprint density at radius 1 is 1.30 bits per heavy atom. The number of hydrogen-bond donors (Lipinski definition) is 1. The van der Waals surface area contributed by atoms with Gasteiger partial charge in [0, 0.05) is 31.6 Å². The molecule has 0 unspecified atom stereocenters. The van der Waals surface area contributed by atoms with Gasteiger partial charge < -0.3 is 14.4 Å². The molecule has 0 spiro atoms. The Labute approximate surface area is 146 Å². The number of ether oxygens (including phenoxy) is 1. The van der Waals surface area contributed by atoms with Gasteiger partial charge >= 0.3 is 0 Å². The predicted octanol–water partition coefficient (Wildman–Crippen LogP) is 3.50. The number of methoxy groups -OCH3 is 1. The molecule has 1 heterocycles. The Hall–Kier alpha value is -1.08. The van der Waals surface area contributed by atoms with Crippen LogP contribution in [0.15, 0.2) is 29.4 Å². The van der Waals surface area contributed by atoms with Gasteiger partial charge in [0.1, 0.15) is 0 Å². The van der Waals surface area contributed by atoms with Gasteiger partial charge in [0.05, 0.1) is 10.6 Å². The van der Waals surface area contributed by atoms with Gasteiger partial charge in [0.25, 0.3) is 0 Å². The lowest BCUT2D eigenvalue weighted by molar-refractivity contribution is 0.107. The van der Waals surface area contributed by atoms with Gasteiger partial charge in [0.2, 0.25) is 0 Å². The Balaban J connectivity index is 2.30. The summed E-state index contributed by atoms with van der Waals surface area (Å²) in [5.41, 5.74) is 0.0904. The summed E-state index contributed by atoms with van der Waals surface area (Å²) in [7, 11) is 1.69. The fourth-order valence-corrected chi connectivity index (χ4v) is 3.18. The van der Waals surface area contributed by atoms with Crippen LogP contribution in [0.25, 0.3) is 11.4 Å². The molecule has 0 saturated carbocycles. The van der Waals surface area contributed by atoms with Crippen LogP contribution in [0, 0.1) is 0 Å². The third-order valence-corrected chi connectivity index (χ3v) is 4.86. The van der Waals surface area contributed by atoms with Crippen LogP contribution >= 0.6 is 23.4 Å². The minimum atomic E-state index is -0.765. The summed E-state index contributed by atoms with van der Waals surface area (Å²) in [6.45, 7) is 4.95. The fraction of sp³-hybridized carbons (Fsp3) is 0.500. The number of thioether (sulfide) groups is 1. The molecule has 1 aromatic carbocycles. The molecule has 0 aliphatic rings. The largest absolute Gasteiger partial charge is 0.390 e. The van der Waals surface area contributed by atoms with Crippen molar-refractivity contribution in [2.75, 3.05) is 19.5 Å². The minimum absolute atomic E-state index is 0.540. The number of hydrogen-bond acceptors (Lipinski definition) is 5. The van der Waals surface area contributed by atoms with Gasteiger partial charge in [0.15, 0.2) is 11.0 Å². The van der Waals surface area contributed by atoms with Crippen LogP contribution < -0.4 is 0 Å². The molecular formula is C16H22ClN3O2S. The van der Waals surface area contributed by atoms with Gasteiger partial charge in [-0.2, -0.15) is 0 Å². The van der Waals surface area contributed by atoms with Crippen LogP contribution in [0.1, 0.15) is 20.3 Å². The van der Waals surface area contributed by atoms with E-state index in [0.717, 1.165) is 29.5 Å². The van der Waals surface area contributed by atoms with Gasteiger partial charge in [-0.05, 0) is 32.4 Å². The highest BCUT2D eigenvalue weighted by atomic mass is 35.5. The Morgan fingerprint density at radius 2 is 2.04 bits per heavy atom. The van der Waals surface area contributed by atoms with Crippen molar-refractivity contribution in [2.45, 2.75) is 37.6 Å². The summed E-state index contributed by atoms with van der Waals surface area (Å²) in [6.07, 6.45) is 0.849. The molecule has 126 valence electrons. The fourth-order valence-electron chi connectivity index (χ4n) is 2.05. The molecule has 0 fully saturated rings. The number of aliphatic hydroxyl groups is 1. The van der Waals surface area contributed by atoms with Gasteiger partial charge in [-0.25, -0.2) is 0 Å². The van der Waals surface area contributed by atoms with Crippen molar-refractivity contribution in [3.63, 3.8) is 0 Å². The predicted molar refractivity (Wildman–Crippen MR) is 94.0 cm³/mol. The Morgan fingerprint density at radius 3 is 2.70 bits per heavy atom. The second kappa shape index (κ2) is 8.15. The van der Waals surface area contributed by atoms with Crippen molar-refractivity contribution in [1.29, 1.82) is 0 Å². The van der Waals surface area contributed by atoms with Crippen molar-refractivity contribution in [2.24, 2.45) is 0 Å². The summed E-state index contributed by atoms with van der Waals surface area (Å²) in [5, 5.41) is 19.9. The summed E-state index contributed by atoms with van der Waals surface area (Å²) < 4.78 is 7.17. The molecule has 0 aliphatic carbocycles. The molecule has 0 aliphatic heterocycles. The smallest absolute Gasteiger partial charge is 0.191 e. The van der Waals surface area contributed by atoms with E-state index < -0.39 is 5.60 Å². The molecule has 0 atom stereocenters. The van der Waals surface area contributed by atoms with Crippen LogP contribution in [0.5, 0.6) is 0 Å². The van der Waals surface area contributed by atoms with Crippen LogP contribution in [0.2, 0.25) is 5.02 Å². The number of aromatic nitrogens is 3. The quantitative estimate of drug-likeness (QED) is 0.580. The molecule has 0 bridgehead atoms. The average Bonchev–Trinajstić information content (AvgIpc) is 2.88. The van der Waals surface area contributed by atoms with E-state index in [-0.39, 0.29) is 0 Å². The normalized spacial score (nSPS) is 11.9. The summed E-state index contributed by atoms with van der Waals surface area (Å²) in [4.78, 5) is 0. The average molecular weight is 356 g/mol. The van der Waals surface area contributed by atoms with E-state index in [1.54, 1.807) is 21.0 Å². The van der Waals surface area contributed by atoms with Crippen LogP contribution in [-0.4, -0.2) is 44.9 Å². The zero-order valence-corrected chi connectivity index (χ0v) is 15.2. The van der Waals surface area contributed by atoms with E-state index in [4.69, 9.17) is 16.3 Å². The van der Waals surface area contributed by atoms with Gasteiger partial charge in [-0.1, -0.05) is 35.5 Å². The third kappa shape index (κ3) is 5.21. The van der Waals surface area contributed by atoms with E-state index in [2.05, 4.69) is 10.2 Å². The first-order valence-electron chi connectivity index (χ1n) is 7.44. The zero-order valence-electron chi connectivity index (χ0n) is 13.6. The van der Waals surface area contributed by atoms with E-state index in [0.29, 0.717) is 17.4 Å². The van der Waals surface area contributed by atoms with Gasteiger partial charge in [-0.15, -0.1) is 10.2 Å². The van der Waals surface area contributed by atoms with Crippen molar-refractivity contribution in [1.82, 2.24) is 14.8 Å². The van der Waals surface area contributed by atoms with Crippen molar-refractivity contribution in [3.05, 3.63) is 29.3 Å². The Bertz CT molecular complexity index is 640. The molecule has 2 rings (SSSR count). The molecule has 23 heavy (non-hydrogen) atoms. The molecule has 0 radical (unpaired) electrons. The lowest BCUT2D eigenvalue weighted by atomic mass is 10.2. The van der Waals surface area contributed by atoms with Crippen LogP contribution in [0.3, 0.4) is 0 Å². The molecule has 1 aromatic heterocycles. The third-order valence-electron chi connectivity index (χ3n) is 3.12. The monoisotopic (exact) mass is 355 g/mol. The van der Waals surface area contributed by atoms with E-state index >= 15 is 0 Å². The first kappa shape index (κ1) is 18.3. The lowest BCUT2D eigenvalue weighted by Crippen LogP contribution is -2.22. The Kier molecular flexibility index (Phi) is 6.47. The molecule has 7 heteroatoms. The number of halogens is 1. The van der Waals surface area contributed by atoms with Crippen LogP contribution in [-0.2, 0) is 11.3 Å². The molecule has 1 N–H and O–H groups in total. The lowest BCUT2D eigenvalue weighted by Gasteiger charge is -2.16. The molecule has 2 aromatic rings. The SMILES string of the molecule is COCCCn1c(SCC(C)(C)O)nnc1-c1ccccc1Cl. The zero-order chi connectivity index (χ0) is 16.9. The van der Waals surface area contributed by atoms with E-state index in [1.165, 1.54) is 11.8 Å². The topological polar surface area (TPSA) is 60.2 Å². The second-order valence-electron chi connectivity index (χ2n) is 5.89. The maximum Gasteiger partial charge on any atom is 0.191 e. The first-order valence-corrected chi connectivity index (χ1v) is 8.81. The summed E-state index contributed by atoms with van der Waals surface area (Å²) in [5.74, 6) is 1.28. The molecule has 0 amide bonds. The maximum absolute atomic E-state index is 9.93. The summed E-state index contributed by atoms with van der Waals surface area (Å²) >= 11 is 7.79. The minimum Gasteiger partial charge on any atom is -0.390 e. The highest BCUT2D eigenvalue weighted by Crippen LogP contribution is 2.30. The molecular weight excluding hydrogens is 334 g/mol. The van der Waals surface area contributed by atoms with E-state index in [9.17, 15) is 5.11 Å². The highest BCUT2D eigenvalue weighted by molar-refractivity contribution is 7.99. The second-order valence-corrected chi connectivity index (χ2v) is 7.23. The number of nitrogens with zero attached hydrogens (tertiary/aromatic N) is 3. The molecule has 5 nitrogen and oxygen atoms in total. The standard InChI is InChI=1S/C16H22ClN3O2S/c1-16(2,21)11-23-15-19-18-14(20(15)9-6-10-22-3)12-7-4-5-8-13(12)17/h4-5,7-8,21H,6,9-11H2,1-3H3. The van der Waals surface area contributed by atoms with Crippen LogP contribution in [0.4, 0.5) is 0 Å². The van der Waals surface area contributed by atoms with Crippen molar-refractivity contribution >= 4 is 23.4 Å².